The number of amides is 1. The van der Waals surface area contributed by atoms with Crippen LogP contribution in [-0.2, 0) is 37.4 Å². The van der Waals surface area contributed by atoms with Crippen molar-refractivity contribution in [1.82, 2.24) is 35.4 Å². The van der Waals surface area contributed by atoms with Crippen LogP contribution in [0.25, 0.3) is 0 Å². The Morgan fingerprint density at radius 2 is 2.00 bits per heavy atom. The summed E-state index contributed by atoms with van der Waals surface area (Å²) in [6.07, 6.45) is 3.07. The third-order valence-corrected chi connectivity index (χ3v) is 5.02. The van der Waals surface area contributed by atoms with E-state index in [1.807, 2.05) is 38.2 Å². The fourth-order valence-corrected chi connectivity index (χ4v) is 3.32. The summed E-state index contributed by atoms with van der Waals surface area (Å²) < 4.78 is 1.56. The van der Waals surface area contributed by atoms with Gasteiger partial charge in [0.2, 0.25) is 5.91 Å². The van der Waals surface area contributed by atoms with Crippen molar-refractivity contribution in [2.24, 2.45) is 0 Å². The van der Waals surface area contributed by atoms with E-state index in [0.29, 0.717) is 36.8 Å². The van der Waals surface area contributed by atoms with E-state index in [1.54, 1.807) is 10.8 Å². The molecule has 0 spiro atoms. The average Bonchev–Trinajstić information content (AvgIpc) is 3.24. The van der Waals surface area contributed by atoms with Crippen molar-refractivity contribution < 1.29 is 4.79 Å². The quantitative estimate of drug-likeness (QED) is 0.527. The van der Waals surface area contributed by atoms with Gasteiger partial charge in [0, 0.05) is 36.4 Å². The van der Waals surface area contributed by atoms with Crippen molar-refractivity contribution in [1.29, 1.82) is 0 Å². The molecule has 3 rings (SSSR count). The lowest BCUT2D eigenvalue weighted by molar-refractivity contribution is -0.120. The molecule has 3 aromatic rings. The minimum atomic E-state index is -0.221. The summed E-state index contributed by atoms with van der Waals surface area (Å²) >= 11 is 6.10. The first-order chi connectivity index (χ1) is 14.5. The van der Waals surface area contributed by atoms with Crippen LogP contribution in [0.15, 0.2) is 41.6 Å². The van der Waals surface area contributed by atoms with E-state index >= 15 is 0 Å². The van der Waals surface area contributed by atoms with E-state index in [1.165, 1.54) is 11.1 Å². The van der Waals surface area contributed by atoms with Crippen LogP contribution in [0, 0.1) is 6.92 Å². The van der Waals surface area contributed by atoms with Crippen LogP contribution in [0.3, 0.4) is 0 Å². The van der Waals surface area contributed by atoms with Gasteiger partial charge in [-0.15, -0.1) is 10.2 Å². The van der Waals surface area contributed by atoms with E-state index in [2.05, 4.69) is 26.0 Å². The molecular weight excluding hydrogens is 406 g/mol. The molecule has 2 N–H and O–H groups in total. The normalized spacial score (nSPS) is 10.9. The van der Waals surface area contributed by atoms with Crippen molar-refractivity contribution in [2.75, 3.05) is 7.05 Å². The molecule has 0 unspecified atom stereocenters. The number of halogens is 1. The third kappa shape index (κ3) is 5.52. The van der Waals surface area contributed by atoms with Crippen LogP contribution < -0.4 is 16.2 Å². The molecule has 2 aromatic heterocycles. The summed E-state index contributed by atoms with van der Waals surface area (Å²) in [4.78, 5) is 26.8. The molecule has 0 aliphatic rings. The van der Waals surface area contributed by atoms with Gasteiger partial charge in [0.1, 0.15) is 0 Å². The minimum Gasteiger partial charge on any atom is -0.352 e. The monoisotopic (exact) mass is 429 g/mol. The summed E-state index contributed by atoms with van der Waals surface area (Å²) in [5.41, 5.74) is 3.06. The van der Waals surface area contributed by atoms with Gasteiger partial charge < -0.3 is 15.2 Å². The maximum Gasteiger partial charge on any atom is 0.254 e. The highest BCUT2D eigenvalue weighted by atomic mass is 35.5. The largest absolute Gasteiger partial charge is 0.352 e. The van der Waals surface area contributed by atoms with Crippen molar-refractivity contribution in [3.8, 4) is 0 Å². The van der Waals surface area contributed by atoms with Gasteiger partial charge in [-0.2, -0.15) is 4.80 Å². The highest BCUT2D eigenvalue weighted by molar-refractivity contribution is 6.30. The molecule has 30 heavy (non-hydrogen) atoms. The first kappa shape index (κ1) is 21.7. The number of nitrogens with zero attached hydrogens (tertiary/aromatic N) is 5. The summed E-state index contributed by atoms with van der Waals surface area (Å²) in [6, 6.07) is 7.43. The zero-order valence-electron chi connectivity index (χ0n) is 16.9. The first-order valence-electron chi connectivity index (χ1n) is 9.56. The Bertz CT molecular complexity index is 1060. The molecule has 0 aliphatic heterocycles. The van der Waals surface area contributed by atoms with Gasteiger partial charge in [-0.3, -0.25) is 9.59 Å². The molecule has 0 saturated heterocycles. The van der Waals surface area contributed by atoms with Crippen molar-refractivity contribution in [2.45, 2.75) is 39.5 Å². The van der Waals surface area contributed by atoms with Crippen LogP contribution in [0.4, 0.5) is 0 Å². The minimum absolute atomic E-state index is 0.00894. The van der Waals surface area contributed by atoms with E-state index in [-0.39, 0.29) is 17.9 Å². The lowest BCUT2D eigenvalue weighted by atomic mass is 10.1. The molecule has 0 radical (unpaired) electrons. The summed E-state index contributed by atoms with van der Waals surface area (Å²) in [5, 5.41) is 18.0. The Hall–Kier alpha value is -3.04. The number of rotatable bonds is 9. The molecule has 9 nitrogen and oxygen atoms in total. The number of aryl methyl sites for hydroxylation is 3. The van der Waals surface area contributed by atoms with Gasteiger partial charge >= 0.3 is 0 Å². The van der Waals surface area contributed by atoms with E-state index < -0.39 is 0 Å². The number of pyridine rings is 1. The summed E-state index contributed by atoms with van der Waals surface area (Å²) in [6.45, 7) is 3.65. The molecule has 10 heteroatoms. The zero-order chi connectivity index (χ0) is 21.5. The number of aromatic nitrogens is 5. The van der Waals surface area contributed by atoms with Crippen LogP contribution in [0.1, 0.15) is 22.3 Å². The van der Waals surface area contributed by atoms with Crippen molar-refractivity contribution in [3.63, 3.8) is 0 Å². The molecule has 158 valence electrons. The van der Waals surface area contributed by atoms with E-state index in [4.69, 9.17) is 11.6 Å². The van der Waals surface area contributed by atoms with Crippen LogP contribution in [0.2, 0.25) is 5.02 Å². The van der Waals surface area contributed by atoms with E-state index in [9.17, 15) is 9.59 Å². The topological polar surface area (TPSA) is 107 Å². The SMILES string of the molecule is CNCc1ccc(Cl)cc1CNC(=O)Cc1c(C)ccn(CCn2ncnn2)c1=O. The average molecular weight is 430 g/mol. The predicted octanol–water partition coefficient (Wildman–Crippen LogP) is 1.08. The second-order valence-electron chi connectivity index (χ2n) is 6.90. The number of nitrogens with one attached hydrogen (secondary N) is 2. The molecule has 0 atom stereocenters. The Balaban J connectivity index is 1.67. The fourth-order valence-electron chi connectivity index (χ4n) is 3.13. The maximum atomic E-state index is 12.8. The lowest BCUT2D eigenvalue weighted by Gasteiger charge is -2.13. The van der Waals surface area contributed by atoms with Crippen LogP contribution in [-0.4, -0.2) is 37.7 Å². The second kappa shape index (κ2) is 10.1. The Morgan fingerprint density at radius 1 is 1.17 bits per heavy atom. The Morgan fingerprint density at radius 3 is 2.73 bits per heavy atom. The molecular formula is C20H24ClN7O2. The standard InChI is InChI=1S/C20H24ClN7O2/c1-14-5-6-27(7-8-28-25-13-24-26-28)20(30)18(14)10-19(29)23-12-16-9-17(21)4-3-15(16)11-22-2/h3-6,9,13,22H,7-8,10-12H2,1-2H3,(H,23,29). The number of carbonyl (C=O) groups is 1. The van der Waals surface area contributed by atoms with Crippen molar-refractivity contribution in [3.05, 3.63) is 74.4 Å². The molecule has 1 amide bonds. The van der Waals surface area contributed by atoms with Gasteiger partial charge in [-0.05, 0) is 54.1 Å². The number of tetrazole rings is 1. The predicted molar refractivity (Wildman–Crippen MR) is 113 cm³/mol. The number of hydrogen-bond acceptors (Lipinski definition) is 6. The maximum absolute atomic E-state index is 12.8. The highest BCUT2D eigenvalue weighted by Gasteiger charge is 2.13. The van der Waals surface area contributed by atoms with Crippen molar-refractivity contribution >= 4 is 17.5 Å². The smallest absolute Gasteiger partial charge is 0.254 e. The summed E-state index contributed by atoms with van der Waals surface area (Å²) in [5.74, 6) is -0.221. The van der Waals surface area contributed by atoms with Gasteiger partial charge in [-0.1, -0.05) is 17.7 Å². The first-order valence-corrected chi connectivity index (χ1v) is 9.94. The zero-order valence-corrected chi connectivity index (χ0v) is 17.7. The lowest BCUT2D eigenvalue weighted by Crippen LogP contribution is -2.32. The third-order valence-electron chi connectivity index (χ3n) is 4.78. The molecule has 0 saturated carbocycles. The molecule has 0 aliphatic carbocycles. The van der Waals surface area contributed by atoms with Crippen LogP contribution >= 0.6 is 11.6 Å². The Kier molecular flexibility index (Phi) is 7.31. The molecule has 0 bridgehead atoms. The Labute approximate surface area is 179 Å². The van der Waals surface area contributed by atoms with Gasteiger partial charge in [0.15, 0.2) is 6.33 Å². The van der Waals surface area contributed by atoms with Gasteiger partial charge in [-0.25, -0.2) is 0 Å². The van der Waals surface area contributed by atoms with Gasteiger partial charge in [0.25, 0.3) is 5.56 Å². The van der Waals surface area contributed by atoms with Crippen LogP contribution in [0.5, 0.6) is 0 Å². The number of benzene rings is 1. The molecule has 2 heterocycles. The number of carbonyl (C=O) groups excluding carboxylic acids is 1. The molecule has 1 aromatic carbocycles. The fraction of sp³-hybridized carbons (Fsp3) is 0.350. The number of hydrogen-bond donors (Lipinski definition) is 2. The van der Waals surface area contributed by atoms with E-state index in [0.717, 1.165) is 16.7 Å². The second-order valence-corrected chi connectivity index (χ2v) is 7.34. The molecule has 0 fully saturated rings. The van der Waals surface area contributed by atoms with Gasteiger partial charge in [0.05, 0.1) is 13.0 Å². The summed E-state index contributed by atoms with van der Waals surface area (Å²) in [7, 11) is 1.86. The highest BCUT2D eigenvalue weighted by Crippen LogP contribution is 2.16.